The van der Waals surface area contributed by atoms with Gasteiger partial charge in [-0.2, -0.15) is 10.2 Å². The number of anilines is 1. The second kappa shape index (κ2) is 8.62. The number of hydrazine groups is 1. The lowest BCUT2D eigenvalue weighted by Crippen LogP contribution is -2.45. The van der Waals surface area contributed by atoms with Crippen LogP contribution in [0.3, 0.4) is 0 Å². The molecule has 24 heavy (non-hydrogen) atoms. The molecule has 6 heteroatoms. The molecule has 0 saturated heterocycles. The SMILES string of the molecule is CC(C)CN(NC(=O)CC(C)CC(C)(C)C)c1ccnc(C#N)n1. The van der Waals surface area contributed by atoms with E-state index in [2.05, 4.69) is 56.9 Å². The van der Waals surface area contributed by atoms with Crippen LogP contribution in [0.15, 0.2) is 12.3 Å². The van der Waals surface area contributed by atoms with E-state index < -0.39 is 0 Å². The smallest absolute Gasteiger partial charge is 0.238 e. The molecule has 0 fully saturated rings. The van der Waals surface area contributed by atoms with E-state index in [1.54, 1.807) is 11.1 Å². The van der Waals surface area contributed by atoms with Crippen LogP contribution in [0.2, 0.25) is 0 Å². The molecule has 1 N–H and O–H groups in total. The van der Waals surface area contributed by atoms with E-state index in [1.165, 1.54) is 6.20 Å². The summed E-state index contributed by atoms with van der Waals surface area (Å²) in [6.07, 6.45) is 2.97. The third-order valence-electron chi connectivity index (χ3n) is 3.32. The molecule has 0 aliphatic rings. The van der Waals surface area contributed by atoms with Crippen molar-refractivity contribution < 1.29 is 4.79 Å². The van der Waals surface area contributed by atoms with E-state index in [0.717, 1.165) is 6.42 Å². The summed E-state index contributed by atoms with van der Waals surface area (Å²) in [5, 5.41) is 10.7. The van der Waals surface area contributed by atoms with Gasteiger partial charge >= 0.3 is 0 Å². The Morgan fingerprint density at radius 2 is 2.04 bits per heavy atom. The molecule has 1 unspecified atom stereocenters. The maximum Gasteiger partial charge on any atom is 0.238 e. The standard InChI is InChI=1S/C18H29N5O/c1-13(2)12-23(16-7-8-20-15(11-19)21-16)22-17(24)9-14(3)10-18(4,5)6/h7-8,13-14H,9-10,12H2,1-6H3,(H,22,24). The number of amides is 1. The molecular weight excluding hydrogens is 302 g/mol. The minimum atomic E-state index is -0.0375. The van der Waals surface area contributed by atoms with Gasteiger partial charge in [-0.05, 0) is 23.7 Å². The molecule has 0 saturated carbocycles. The number of nitrogens with zero attached hydrogens (tertiary/aromatic N) is 4. The monoisotopic (exact) mass is 331 g/mol. The van der Waals surface area contributed by atoms with Crippen molar-refractivity contribution in [3.63, 3.8) is 0 Å². The first-order valence-electron chi connectivity index (χ1n) is 8.41. The number of hydrogen-bond donors (Lipinski definition) is 1. The van der Waals surface area contributed by atoms with Crippen molar-refractivity contribution in [3.8, 4) is 6.07 Å². The summed E-state index contributed by atoms with van der Waals surface area (Å²) in [5.74, 6) is 1.22. The van der Waals surface area contributed by atoms with Crippen molar-refractivity contribution in [2.75, 3.05) is 11.6 Å². The third-order valence-corrected chi connectivity index (χ3v) is 3.32. The van der Waals surface area contributed by atoms with E-state index >= 15 is 0 Å². The number of carbonyl (C=O) groups is 1. The predicted octanol–water partition coefficient (Wildman–Crippen LogP) is 3.30. The maximum absolute atomic E-state index is 12.4. The Morgan fingerprint density at radius 1 is 1.38 bits per heavy atom. The summed E-state index contributed by atoms with van der Waals surface area (Å²) in [4.78, 5) is 20.4. The zero-order valence-electron chi connectivity index (χ0n) is 15.6. The highest BCUT2D eigenvalue weighted by Crippen LogP contribution is 2.25. The van der Waals surface area contributed by atoms with Crippen LogP contribution in [0, 0.1) is 28.6 Å². The summed E-state index contributed by atoms with van der Waals surface area (Å²) in [7, 11) is 0. The van der Waals surface area contributed by atoms with Gasteiger partial charge in [-0.3, -0.25) is 15.2 Å². The van der Waals surface area contributed by atoms with Gasteiger partial charge in [0.2, 0.25) is 11.7 Å². The van der Waals surface area contributed by atoms with Crippen LogP contribution < -0.4 is 10.4 Å². The Morgan fingerprint density at radius 3 is 2.58 bits per heavy atom. The van der Waals surface area contributed by atoms with Gasteiger partial charge in [-0.15, -0.1) is 0 Å². The molecule has 132 valence electrons. The molecule has 0 bridgehead atoms. The molecule has 0 spiro atoms. The maximum atomic E-state index is 12.4. The van der Waals surface area contributed by atoms with Crippen LogP contribution in [-0.4, -0.2) is 22.4 Å². The number of aromatic nitrogens is 2. The average molecular weight is 331 g/mol. The van der Waals surface area contributed by atoms with Crippen LogP contribution >= 0.6 is 0 Å². The number of rotatable bonds is 7. The Kier molecular flexibility index (Phi) is 7.15. The van der Waals surface area contributed by atoms with Crippen molar-refractivity contribution in [3.05, 3.63) is 18.1 Å². The van der Waals surface area contributed by atoms with E-state index in [9.17, 15) is 4.79 Å². The van der Waals surface area contributed by atoms with Gasteiger partial charge in [0.1, 0.15) is 6.07 Å². The quantitative estimate of drug-likeness (QED) is 0.775. The van der Waals surface area contributed by atoms with Crippen molar-refractivity contribution in [1.82, 2.24) is 15.4 Å². The molecule has 6 nitrogen and oxygen atoms in total. The normalized spacial score (nSPS) is 12.6. The van der Waals surface area contributed by atoms with E-state index in [-0.39, 0.29) is 17.1 Å². The zero-order valence-corrected chi connectivity index (χ0v) is 15.6. The predicted molar refractivity (Wildman–Crippen MR) is 94.9 cm³/mol. The van der Waals surface area contributed by atoms with E-state index in [4.69, 9.17) is 5.26 Å². The zero-order chi connectivity index (χ0) is 18.3. The fourth-order valence-corrected chi connectivity index (χ4v) is 2.75. The molecule has 0 aliphatic heterocycles. The summed E-state index contributed by atoms with van der Waals surface area (Å²) in [5.41, 5.74) is 3.13. The highest BCUT2D eigenvalue weighted by Gasteiger charge is 2.20. The first-order chi connectivity index (χ1) is 11.1. The molecule has 1 aromatic rings. The lowest BCUT2D eigenvalue weighted by molar-refractivity contribution is -0.122. The molecule has 0 radical (unpaired) electrons. The molecule has 0 aromatic carbocycles. The van der Waals surface area contributed by atoms with Crippen molar-refractivity contribution in [2.24, 2.45) is 17.3 Å². The first kappa shape index (κ1) is 19.9. The minimum absolute atomic E-state index is 0.0375. The van der Waals surface area contributed by atoms with Gasteiger partial charge in [-0.25, -0.2) is 4.98 Å². The highest BCUT2D eigenvalue weighted by molar-refractivity contribution is 5.77. The lowest BCUT2D eigenvalue weighted by Gasteiger charge is -2.27. The molecule has 1 atom stereocenters. The second-order valence-corrected chi connectivity index (χ2v) is 7.96. The Hall–Kier alpha value is -2.16. The number of carbonyl (C=O) groups excluding carboxylic acids is 1. The fourth-order valence-electron chi connectivity index (χ4n) is 2.75. The topological polar surface area (TPSA) is 81.9 Å². The summed E-state index contributed by atoms with van der Waals surface area (Å²) in [6, 6.07) is 3.62. The Balaban J connectivity index is 2.79. The number of nitrogens with one attached hydrogen (secondary N) is 1. The van der Waals surface area contributed by atoms with Gasteiger partial charge in [0.25, 0.3) is 0 Å². The van der Waals surface area contributed by atoms with E-state index in [1.807, 2.05) is 6.07 Å². The van der Waals surface area contributed by atoms with Gasteiger partial charge in [0, 0.05) is 25.2 Å². The Bertz CT molecular complexity index is 586. The van der Waals surface area contributed by atoms with Crippen LogP contribution in [0.5, 0.6) is 0 Å². The molecular formula is C18H29N5O. The summed E-state index contributed by atoms with van der Waals surface area (Å²) in [6.45, 7) is 13.4. The molecule has 0 aliphatic carbocycles. The summed E-state index contributed by atoms with van der Waals surface area (Å²) >= 11 is 0. The third kappa shape index (κ3) is 7.40. The van der Waals surface area contributed by atoms with Crippen molar-refractivity contribution >= 4 is 11.7 Å². The van der Waals surface area contributed by atoms with Crippen LogP contribution in [0.1, 0.15) is 60.2 Å². The summed E-state index contributed by atoms with van der Waals surface area (Å²) < 4.78 is 0. The first-order valence-corrected chi connectivity index (χ1v) is 8.41. The Labute approximate surface area is 145 Å². The molecule has 1 rings (SSSR count). The van der Waals surface area contributed by atoms with Crippen molar-refractivity contribution in [2.45, 2.75) is 54.4 Å². The number of hydrogen-bond acceptors (Lipinski definition) is 5. The van der Waals surface area contributed by atoms with Crippen LogP contribution in [-0.2, 0) is 4.79 Å². The highest BCUT2D eigenvalue weighted by atomic mass is 16.2. The van der Waals surface area contributed by atoms with Gasteiger partial charge < -0.3 is 0 Å². The molecule has 1 heterocycles. The largest absolute Gasteiger partial charge is 0.273 e. The van der Waals surface area contributed by atoms with E-state index in [0.29, 0.717) is 30.6 Å². The minimum Gasteiger partial charge on any atom is -0.273 e. The van der Waals surface area contributed by atoms with Crippen molar-refractivity contribution in [1.29, 1.82) is 5.26 Å². The lowest BCUT2D eigenvalue weighted by atomic mass is 9.84. The second-order valence-electron chi connectivity index (χ2n) is 7.96. The van der Waals surface area contributed by atoms with Crippen LogP contribution in [0.4, 0.5) is 5.82 Å². The number of nitriles is 1. The molecule has 1 amide bonds. The molecule has 1 aromatic heterocycles. The average Bonchev–Trinajstić information content (AvgIpc) is 2.43. The van der Waals surface area contributed by atoms with Gasteiger partial charge in [-0.1, -0.05) is 41.5 Å². The van der Waals surface area contributed by atoms with Gasteiger partial charge in [0.05, 0.1) is 0 Å². The fraction of sp³-hybridized carbons (Fsp3) is 0.667. The van der Waals surface area contributed by atoms with Gasteiger partial charge in [0.15, 0.2) is 5.82 Å². The van der Waals surface area contributed by atoms with Crippen LogP contribution in [0.25, 0.3) is 0 Å².